The van der Waals surface area contributed by atoms with Gasteiger partial charge < -0.3 is 24.6 Å². The van der Waals surface area contributed by atoms with Crippen molar-refractivity contribution < 1.29 is 23.5 Å². The predicted octanol–water partition coefficient (Wildman–Crippen LogP) is 2.42. The van der Waals surface area contributed by atoms with Crippen molar-refractivity contribution in [3.05, 3.63) is 66.0 Å². The molecule has 0 bridgehead atoms. The van der Waals surface area contributed by atoms with Gasteiger partial charge in [-0.2, -0.15) is 0 Å². The highest BCUT2D eigenvalue weighted by Crippen LogP contribution is 2.25. The number of rotatable bonds is 5. The van der Waals surface area contributed by atoms with Crippen LogP contribution in [0.2, 0.25) is 0 Å². The summed E-state index contributed by atoms with van der Waals surface area (Å²) in [5.74, 6) is 0.296. The molecule has 0 radical (unpaired) electrons. The smallest absolute Gasteiger partial charge is 0.318 e. The monoisotopic (exact) mass is 427 g/mol. The number of urea groups is 1. The first-order valence-corrected chi connectivity index (χ1v) is 10.5. The molecule has 164 valence electrons. The summed E-state index contributed by atoms with van der Waals surface area (Å²) in [6.45, 7) is 2.59. The Kier molecular flexibility index (Phi) is 6.66. The van der Waals surface area contributed by atoms with Crippen LogP contribution < -0.4 is 10.1 Å². The molecule has 1 N–H and O–H groups in total. The molecule has 0 spiro atoms. The highest BCUT2D eigenvalue weighted by molar-refractivity contribution is 5.88. The first kappa shape index (κ1) is 21.1. The Bertz CT molecular complexity index is 887. The lowest BCUT2D eigenvalue weighted by atomic mass is 10.1. The summed E-state index contributed by atoms with van der Waals surface area (Å²) in [5.41, 5.74) is 0.780. The highest BCUT2D eigenvalue weighted by atomic mass is 19.1. The van der Waals surface area contributed by atoms with Crippen molar-refractivity contribution in [2.75, 3.05) is 32.8 Å². The van der Waals surface area contributed by atoms with Crippen LogP contribution in [-0.2, 0) is 16.1 Å². The molecule has 2 aromatic rings. The topological polar surface area (TPSA) is 71.1 Å². The zero-order valence-electron chi connectivity index (χ0n) is 17.2. The van der Waals surface area contributed by atoms with Crippen molar-refractivity contribution in [3.8, 4) is 5.75 Å². The fraction of sp³-hybridized carbons (Fsp3) is 0.391. The molecule has 0 aromatic heterocycles. The van der Waals surface area contributed by atoms with Gasteiger partial charge in [0.15, 0.2) is 0 Å². The van der Waals surface area contributed by atoms with Crippen molar-refractivity contribution >= 4 is 11.9 Å². The van der Waals surface area contributed by atoms with E-state index in [-0.39, 0.29) is 30.4 Å². The largest absolute Gasteiger partial charge is 0.488 e. The SMILES string of the molecule is O=C([C@H]1C[C@H](Oc2ccccc2)CN1C(=O)NCc1ccc(F)cc1)N1CCOCC1. The Morgan fingerprint density at radius 3 is 2.48 bits per heavy atom. The maximum atomic E-state index is 13.2. The molecule has 8 heteroatoms. The first-order chi connectivity index (χ1) is 15.1. The normalized spacial score (nSPS) is 21.1. The Hall–Kier alpha value is -3.13. The molecule has 2 saturated heterocycles. The van der Waals surface area contributed by atoms with Crippen LogP contribution in [0.15, 0.2) is 54.6 Å². The van der Waals surface area contributed by atoms with Gasteiger partial charge in [0.25, 0.3) is 0 Å². The summed E-state index contributed by atoms with van der Waals surface area (Å²) < 4.78 is 24.5. The van der Waals surface area contributed by atoms with E-state index in [1.54, 1.807) is 21.9 Å². The number of ether oxygens (including phenoxy) is 2. The third-order valence-electron chi connectivity index (χ3n) is 5.53. The summed E-state index contributed by atoms with van der Waals surface area (Å²) in [6.07, 6.45) is 0.142. The van der Waals surface area contributed by atoms with E-state index in [9.17, 15) is 14.0 Å². The maximum absolute atomic E-state index is 13.2. The zero-order valence-corrected chi connectivity index (χ0v) is 17.2. The third kappa shape index (κ3) is 5.32. The lowest BCUT2D eigenvalue weighted by Gasteiger charge is -2.32. The van der Waals surface area contributed by atoms with Gasteiger partial charge in [-0.3, -0.25) is 4.79 Å². The molecular formula is C23H26FN3O4. The third-order valence-corrected chi connectivity index (χ3v) is 5.53. The van der Waals surface area contributed by atoms with E-state index in [0.717, 1.165) is 5.56 Å². The summed E-state index contributed by atoms with van der Waals surface area (Å²) in [4.78, 5) is 29.4. The number of likely N-dealkylation sites (tertiary alicyclic amines) is 1. The number of halogens is 1. The number of amides is 3. The molecule has 2 aromatic carbocycles. The van der Waals surface area contributed by atoms with Gasteiger partial charge in [-0.05, 0) is 29.8 Å². The maximum Gasteiger partial charge on any atom is 0.318 e. The van der Waals surface area contributed by atoms with E-state index in [1.807, 2.05) is 30.3 Å². The summed E-state index contributed by atoms with van der Waals surface area (Å²) >= 11 is 0. The standard InChI is InChI=1S/C23H26FN3O4/c24-18-8-6-17(7-9-18)15-25-23(29)27-16-20(31-19-4-2-1-3-5-19)14-21(27)22(28)26-10-12-30-13-11-26/h1-9,20-21H,10-16H2,(H,25,29)/t20-,21+/m0/s1. The minimum absolute atomic E-state index is 0.0839. The molecule has 4 rings (SSSR count). The van der Waals surface area contributed by atoms with Crippen molar-refractivity contribution in [2.24, 2.45) is 0 Å². The van der Waals surface area contributed by atoms with Gasteiger partial charge in [-0.1, -0.05) is 30.3 Å². The Morgan fingerprint density at radius 2 is 1.77 bits per heavy atom. The van der Waals surface area contributed by atoms with Gasteiger partial charge in [-0.15, -0.1) is 0 Å². The van der Waals surface area contributed by atoms with Gasteiger partial charge in [-0.25, -0.2) is 9.18 Å². The van der Waals surface area contributed by atoms with Gasteiger partial charge in [0, 0.05) is 26.1 Å². The number of benzene rings is 2. The number of nitrogens with zero attached hydrogens (tertiary/aromatic N) is 2. The van der Waals surface area contributed by atoms with E-state index in [1.165, 1.54) is 12.1 Å². The minimum atomic E-state index is -0.597. The van der Waals surface area contributed by atoms with Gasteiger partial charge in [0.1, 0.15) is 23.7 Å². The second kappa shape index (κ2) is 9.78. The Balaban J connectivity index is 1.44. The van der Waals surface area contributed by atoms with E-state index >= 15 is 0 Å². The molecule has 2 fully saturated rings. The second-order valence-corrected chi connectivity index (χ2v) is 7.68. The molecule has 0 aliphatic carbocycles. The number of para-hydroxylation sites is 1. The predicted molar refractivity (Wildman–Crippen MR) is 112 cm³/mol. The molecule has 3 amide bonds. The number of nitrogens with one attached hydrogen (secondary N) is 1. The van der Waals surface area contributed by atoms with Crippen molar-refractivity contribution in [3.63, 3.8) is 0 Å². The highest BCUT2D eigenvalue weighted by Gasteiger charge is 2.42. The molecule has 0 saturated carbocycles. The van der Waals surface area contributed by atoms with Crippen molar-refractivity contribution in [1.29, 1.82) is 0 Å². The minimum Gasteiger partial charge on any atom is -0.488 e. The van der Waals surface area contributed by atoms with E-state index in [0.29, 0.717) is 45.0 Å². The number of hydrogen-bond acceptors (Lipinski definition) is 4. The number of carbonyl (C=O) groups is 2. The molecule has 2 aliphatic rings. The zero-order chi connectivity index (χ0) is 21.6. The average molecular weight is 427 g/mol. The van der Waals surface area contributed by atoms with Crippen molar-refractivity contribution in [2.45, 2.75) is 25.1 Å². The lowest BCUT2D eigenvalue weighted by Crippen LogP contribution is -2.52. The van der Waals surface area contributed by atoms with E-state index in [4.69, 9.17) is 9.47 Å². The summed E-state index contributed by atoms with van der Waals surface area (Å²) in [6, 6.07) is 14.4. The molecule has 0 unspecified atom stereocenters. The van der Waals surface area contributed by atoms with Crippen LogP contribution in [0.4, 0.5) is 9.18 Å². The first-order valence-electron chi connectivity index (χ1n) is 10.5. The number of carbonyl (C=O) groups excluding carboxylic acids is 2. The van der Waals surface area contributed by atoms with Gasteiger partial charge in [0.2, 0.25) is 5.91 Å². The lowest BCUT2D eigenvalue weighted by molar-refractivity contribution is -0.139. The van der Waals surface area contributed by atoms with Gasteiger partial charge >= 0.3 is 6.03 Å². The number of morpholine rings is 1. The van der Waals surface area contributed by atoms with Crippen LogP contribution in [0.3, 0.4) is 0 Å². The van der Waals surface area contributed by atoms with E-state index < -0.39 is 6.04 Å². The summed E-state index contributed by atoms with van der Waals surface area (Å²) in [5, 5.41) is 2.85. The Labute approximate surface area is 180 Å². The van der Waals surface area contributed by atoms with Crippen LogP contribution in [0.25, 0.3) is 0 Å². The molecule has 2 aliphatic heterocycles. The molecule has 31 heavy (non-hydrogen) atoms. The van der Waals surface area contributed by atoms with E-state index in [2.05, 4.69) is 5.32 Å². The second-order valence-electron chi connectivity index (χ2n) is 7.68. The van der Waals surface area contributed by atoms with Crippen LogP contribution in [0.5, 0.6) is 5.75 Å². The fourth-order valence-electron chi connectivity index (χ4n) is 3.91. The van der Waals surface area contributed by atoms with Crippen LogP contribution in [0, 0.1) is 5.82 Å². The Morgan fingerprint density at radius 1 is 1.06 bits per heavy atom. The van der Waals surface area contributed by atoms with Crippen LogP contribution in [0.1, 0.15) is 12.0 Å². The number of hydrogen-bond donors (Lipinski definition) is 1. The molecule has 7 nitrogen and oxygen atoms in total. The molecular weight excluding hydrogens is 401 g/mol. The van der Waals surface area contributed by atoms with Gasteiger partial charge in [0.05, 0.1) is 19.8 Å². The van der Waals surface area contributed by atoms with Crippen molar-refractivity contribution in [1.82, 2.24) is 15.1 Å². The fourth-order valence-corrected chi connectivity index (χ4v) is 3.91. The summed E-state index contributed by atoms with van der Waals surface area (Å²) in [7, 11) is 0. The molecule has 2 atom stereocenters. The average Bonchev–Trinajstić information content (AvgIpc) is 3.23. The quantitative estimate of drug-likeness (QED) is 0.796. The van der Waals surface area contributed by atoms with Crippen LogP contribution >= 0.6 is 0 Å². The van der Waals surface area contributed by atoms with Crippen LogP contribution in [-0.4, -0.2) is 66.7 Å². The molecule has 2 heterocycles.